The second-order valence-electron chi connectivity index (χ2n) is 10.9. The van der Waals surface area contributed by atoms with Gasteiger partial charge in [0.1, 0.15) is 39.7 Å². The number of rotatable bonds is 10. The Hall–Kier alpha value is -4.15. The van der Waals surface area contributed by atoms with E-state index in [4.69, 9.17) is 8.83 Å². The third-order valence-electron chi connectivity index (χ3n) is 7.24. The van der Waals surface area contributed by atoms with Gasteiger partial charge in [0, 0.05) is 21.9 Å². The van der Waals surface area contributed by atoms with Crippen molar-refractivity contribution in [3.05, 3.63) is 113 Å². The number of fused-ring (bicyclic) bond motifs is 2. The van der Waals surface area contributed by atoms with Crippen LogP contribution in [0.5, 0.6) is 11.5 Å². The van der Waals surface area contributed by atoms with Crippen molar-refractivity contribution in [2.24, 2.45) is 0 Å². The van der Waals surface area contributed by atoms with Crippen molar-refractivity contribution in [1.29, 1.82) is 0 Å². The maximum atomic E-state index is 12.5. The summed E-state index contributed by atoms with van der Waals surface area (Å²) in [4.78, 5) is 12.5. The number of hydrogen-bond donors (Lipinski definition) is 3. The molecular formula is C33H16Br4O14S2-2. The summed E-state index contributed by atoms with van der Waals surface area (Å²) in [6.45, 7) is 0. The van der Waals surface area contributed by atoms with E-state index >= 15 is 0 Å². The summed E-state index contributed by atoms with van der Waals surface area (Å²) in [5, 5.41) is 30.3. The second kappa shape index (κ2) is 14.6. The molecule has 6 rings (SSSR count). The molecule has 53 heavy (non-hydrogen) atoms. The van der Waals surface area contributed by atoms with E-state index in [1.54, 1.807) is 18.2 Å². The maximum Gasteiger partial charge on any atom is 0.340 e. The van der Waals surface area contributed by atoms with Crippen molar-refractivity contribution in [2.75, 3.05) is 0 Å². The minimum absolute atomic E-state index is 0.00269. The van der Waals surface area contributed by atoms with Crippen LogP contribution in [0.4, 0.5) is 0 Å². The first-order valence-corrected chi connectivity index (χ1v) is 20.0. The lowest BCUT2D eigenvalue weighted by atomic mass is 10.0. The molecule has 4 aromatic carbocycles. The molecule has 3 N–H and O–H groups in total. The van der Waals surface area contributed by atoms with Crippen LogP contribution in [0.25, 0.3) is 56.7 Å². The van der Waals surface area contributed by atoms with Crippen molar-refractivity contribution in [2.45, 2.75) is 0 Å². The molecule has 0 aliphatic heterocycles. The molecule has 0 bridgehead atoms. The number of benzene rings is 4. The lowest BCUT2D eigenvalue weighted by Crippen LogP contribution is -2.11. The molecule has 20 heteroatoms. The molecule has 0 aliphatic rings. The number of aromatic carboxylic acids is 1. The van der Waals surface area contributed by atoms with E-state index in [2.05, 4.69) is 72.1 Å². The van der Waals surface area contributed by atoms with Gasteiger partial charge < -0.3 is 41.6 Å². The Morgan fingerprint density at radius 2 is 1.17 bits per heavy atom. The molecule has 2 aromatic heterocycles. The molecule has 6 aromatic rings. The van der Waals surface area contributed by atoms with Crippen molar-refractivity contribution in [1.82, 2.24) is 0 Å². The Labute approximate surface area is 332 Å². The Morgan fingerprint density at radius 3 is 1.70 bits per heavy atom. The van der Waals surface area contributed by atoms with E-state index in [1.807, 2.05) is 0 Å². The normalized spacial score (nSPS) is 12.8. The van der Waals surface area contributed by atoms with Crippen LogP contribution >= 0.6 is 63.7 Å². The fraction of sp³-hybridized carbons (Fsp3) is 0. The zero-order chi connectivity index (χ0) is 38.6. The lowest BCUT2D eigenvalue weighted by Gasteiger charge is -2.18. The Kier molecular flexibility index (Phi) is 10.6. The molecule has 0 aliphatic carbocycles. The predicted octanol–water partition coefficient (Wildman–Crippen LogP) is 9.01. The van der Waals surface area contributed by atoms with Gasteiger partial charge in [-0.25, -0.2) is 21.6 Å². The van der Waals surface area contributed by atoms with Crippen LogP contribution in [0.1, 0.15) is 21.5 Å². The van der Waals surface area contributed by atoms with Crippen LogP contribution in [0.3, 0.4) is 0 Å². The summed E-state index contributed by atoms with van der Waals surface area (Å²) in [5.41, 5.74) is 0.884. The van der Waals surface area contributed by atoms with Gasteiger partial charge in [0.25, 0.3) is 20.8 Å². The van der Waals surface area contributed by atoms with Gasteiger partial charge in [0.2, 0.25) is 0 Å². The van der Waals surface area contributed by atoms with Gasteiger partial charge in [-0.05, 0) is 154 Å². The molecule has 0 spiro atoms. The summed E-state index contributed by atoms with van der Waals surface area (Å²) in [6.07, 6.45) is 1.74. The van der Waals surface area contributed by atoms with E-state index in [0.29, 0.717) is 31.2 Å². The summed E-state index contributed by atoms with van der Waals surface area (Å²) in [6, 6.07) is 15.8. The van der Waals surface area contributed by atoms with Crippen LogP contribution < -0.4 is 0 Å². The number of phenols is 2. The molecular weight excluding hydrogens is 1000 g/mol. The van der Waals surface area contributed by atoms with E-state index in [0.717, 1.165) is 12.2 Å². The fourth-order valence-corrected chi connectivity index (χ4v) is 7.73. The number of aromatic hydroxyl groups is 2. The number of hydrogen-bond acceptors (Lipinski definition) is 13. The van der Waals surface area contributed by atoms with Crippen molar-refractivity contribution in [3.63, 3.8) is 0 Å². The maximum absolute atomic E-state index is 12.5. The minimum atomic E-state index is -5.66. The van der Waals surface area contributed by atoms with E-state index in [9.17, 15) is 46.1 Å². The van der Waals surface area contributed by atoms with Gasteiger partial charge in [0.05, 0.1) is 17.9 Å². The van der Waals surface area contributed by atoms with Crippen LogP contribution in [0.2, 0.25) is 0 Å². The first-order valence-electron chi connectivity index (χ1n) is 14.2. The van der Waals surface area contributed by atoms with Gasteiger partial charge in [-0.2, -0.15) is 0 Å². The molecule has 0 atom stereocenters. The Balaban J connectivity index is 1.52. The summed E-state index contributed by atoms with van der Waals surface area (Å²) in [5.74, 6) is -3.40. The number of phenolic OH excluding ortho intramolecular Hbond substituents is 2. The third kappa shape index (κ3) is 8.65. The molecule has 0 fully saturated rings. The highest BCUT2D eigenvalue weighted by Crippen LogP contribution is 2.41. The average molecular weight is 1020 g/mol. The number of carbonyl (C=O) groups is 1. The van der Waals surface area contributed by atoms with Crippen molar-refractivity contribution in [3.8, 4) is 34.1 Å². The lowest BCUT2D eigenvalue weighted by molar-refractivity contribution is 0.0699. The quantitative estimate of drug-likeness (QED) is 0.0503. The second-order valence-corrected chi connectivity index (χ2v) is 16.2. The number of carboxylic acids is 1. The molecule has 0 radical (unpaired) electrons. The molecule has 0 amide bonds. The topological polar surface area (TPSA) is 237 Å². The van der Waals surface area contributed by atoms with E-state index in [1.165, 1.54) is 48.5 Å². The molecule has 2 heterocycles. The Bertz CT molecular complexity index is 2790. The van der Waals surface area contributed by atoms with Gasteiger partial charge in [-0.3, -0.25) is 0 Å². The fourth-order valence-electron chi connectivity index (χ4n) is 5.14. The number of halogens is 4. The summed E-state index contributed by atoms with van der Waals surface area (Å²) in [7, 11) is -11.3. The average Bonchev–Trinajstić information content (AvgIpc) is 3.65. The molecule has 274 valence electrons. The predicted molar refractivity (Wildman–Crippen MR) is 202 cm³/mol. The highest BCUT2D eigenvalue weighted by molar-refractivity contribution is 9.11. The third-order valence-corrected chi connectivity index (χ3v) is 10.5. The van der Waals surface area contributed by atoms with Crippen molar-refractivity contribution < 1.29 is 63.3 Å². The zero-order valence-electron chi connectivity index (χ0n) is 25.7. The largest absolute Gasteiger partial charge is 0.716 e. The highest BCUT2D eigenvalue weighted by Gasteiger charge is 2.25. The minimum Gasteiger partial charge on any atom is -0.716 e. The van der Waals surface area contributed by atoms with Gasteiger partial charge in [-0.15, -0.1) is 0 Å². The summed E-state index contributed by atoms with van der Waals surface area (Å²) < 4.78 is 93.5. The van der Waals surface area contributed by atoms with Crippen molar-refractivity contribution >= 4 is 125 Å². The zero-order valence-corrected chi connectivity index (χ0v) is 33.6. The molecule has 0 unspecified atom stereocenters. The van der Waals surface area contributed by atoms with Crippen LogP contribution in [0, 0.1) is 0 Å². The first-order chi connectivity index (χ1) is 24.8. The number of furan rings is 2. The SMILES string of the molecule is O=C(O)c1c(-c2ccc(O)c(Br)c2)oc2c(Br)cc(/C=C(OS(=O)(=O)[O-])/C(=C/c3cc(Br)c4oc(-c5ccc(O)c(Br)c5)cc4c3)OS(=O)(=O)[O-])cc12. The molecule has 0 saturated heterocycles. The smallest absolute Gasteiger partial charge is 0.340 e. The van der Waals surface area contributed by atoms with Crippen LogP contribution in [-0.2, 0) is 29.2 Å². The first kappa shape index (κ1) is 38.6. The monoisotopic (exact) mass is 1020 g/mol. The van der Waals surface area contributed by atoms with Gasteiger partial charge in [-0.1, -0.05) is 0 Å². The molecule has 14 nitrogen and oxygen atoms in total. The van der Waals surface area contributed by atoms with Gasteiger partial charge in [0.15, 0.2) is 11.5 Å². The van der Waals surface area contributed by atoms with E-state index in [-0.39, 0.29) is 59.4 Å². The van der Waals surface area contributed by atoms with Gasteiger partial charge >= 0.3 is 5.97 Å². The Morgan fingerprint density at radius 1 is 0.660 bits per heavy atom. The number of carboxylic acid groups (broad SMARTS) is 1. The van der Waals surface area contributed by atoms with E-state index < -0.39 is 38.3 Å². The summed E-state index contributed by atoms with van der Waals surface area (Å²) >= 11 is 13.1. The standard InChI is InChI=1S/C33H18Br4O14S2/c34-20-11-16(1-3-24(20)38)26-13-18-5-14(7-22(36)30(18)48-26)9-27(50-52(42,43)44)28(51-53(45,46)47)10-15-6-19-29(33(40)41)31(49-32(19)23(37)8-15)17-2-4-25(39)21(35)12-17/h1-13,38-39H,(H,40,41)(H,42,43,44)(H,45,46,47)/p-2/b27-9-,28-10-. The molecule has 0 saturated carbocycles. The van der Waals surface area contributed by atoms with Crippen LogP contribution in [0.15, 0.2) is 105 Å². The van der Waals surface area contributed by atoms with Crippen LogP contribution in [-0.4, -0.2) is 47.2 Å². The highest BCUT2D eigenvalue weighted by atomic mass is 79.9.